The monoisotopic (exact) mass is 221 g/mol. The molecule has 2 unspecified atom stereocenters. The minimum absolute atomic E-state index is 0.300. The molecular formula is C12H19N3O. The van der Waals surface area contributed by atoms with Crippen molar-refractivity contribution in [2.24, 2.45) is 5.92 Å². The minimum Gasteiger partial charge on any atom is -0.396 e. The third-order valence-corrected chi connectivity index (χ3v) is 3.37. The first-order valence-electron chi connectivity index (χ1n) is 5.88. The van der Waals surface area contributed by atoms with Crippen molar-refractivity contribution >= 4 is 0 Å². The third-order valence-electron chi connectivity index (χ3n) is 3.37. The molecule has 16 heavy (non-hydrogen) atoms. The summed E-state index contributed by atoms with van der Waals surface area (Å²) in [6.07, 6.45) is 7.59. The fourth-order valence-corrected chi connectivity index (χ4v) is 2.28. The zero-order valence-electron chi connectivity index (χ0n) is 9.71. The van der Waals surface area contributed by atoms with E-state index in [2.05, 4.69) is 21.8 Å². The maximum atomic E-state index is 9.21. The lowest BCUT2D eigenvalue weighted by Gasteiger charge is -2.37. The predicted molar refractivity (Wildman–Crippen MR) is 61.7 cm³/mol. The van der Waals surface area contributed by atoms with Gasteiger partial charge in [0.1, 0.15) is 6.33 Å². The molecule has 1 aromatic heterocycles. The van der Waals surface area contributed by atoms with Crippen LogP contribution < -0.4 is 0 Å². The van der Waals surface area contributed by atoms with Gasteiger partial charge in [-0.1, -0.05) is 0 Å². The molecule has 1 saturated heterocycles. The second kappa shape index (κ2) is 5.37. The largest absolute Gasteiger partial charge is 0.396 e. The Hall–Kier alpha value is -1.00. The first kappa shape index (κ1) is 11.5. The summed E-state index contributed by atoms with van der Waals surface area (Å²) in [5, 5.41) is 9.21. The Kier molecular flexibility index (Phi) is 3.85. The standard InChI is InChI=1S/C12H19N3O/c1-10-2-3-11(8-16)6-15(10)7-12-4-13-9-14-5-12/h4-5,9-11,16H,2-3,6-8H2,1H3. The van der Waals surface area contributed by atoms with Gasteiger partial charge in [0.05, 0.1) is 0 Å². The molecule has 88 valence electrons. The Morgan fingerprint density at radius 1 is 1.38 bits per heavy atom. The molecule has 0 aliphatic carbocycles. The first-order chi connectivity index (χ1) is 7.79. The molecule has 1 N–H and O–H groups in total. The van der Waals surface area contributed by atoms with Crippen LogP contribution in [0.3, 0.4) is 0 Å². The molecule has 1 aliphatic heterocycles. The Labute approximate surface area is 96.3 Å². The van der Waals surface area contributed by atoms with Crippen LogP contribution in [-0.2, 0) is 6.54 Å². The van der Waals surface area contributed by atoms with Crippen LogP contribution in [0.1, 0.15) is 25.3 Å². The van der Waals surface area contributed by atoms with Crippen LogP contribution in [0.25, 0.3) is 0 Å². The second-order valence-corrected chi connectivity index (χ2v) is 4.65. The summed E-state index contributed by atoms with van der Waals surface area (Å²) in [5.74, 6) is 0.431. The smallest absolute Gasteiger partial charge is 0.115 e. The molecule has 0 bridgehead atoms. The van der Waals surface area contributed by atoms with E-state index in [1.54, 1.807) is 6.33 Å². The van der Waals surface area contributed by atoms with E-state index in [9.17, 15) is 5.11 Å². The molecule has 4 heteroatoms. The van der Waals surface area contributed by atoms with Crippen molar-refractivity contribution in [1.82, 2.24) is 14.9 Å². The number of aliphatic hydroxyl groups excluding tert-OH is 1. The normalized spacial score (nSPS) is 26.9. The van der Waals surface area contributed by atoms with Crippen LogP contribution in [-0.4, -0.2) is 39.2 Å². The van der Waals surface area contributed by atoms with E-state index < -0.39 is 0 Å². The fourth-order valence-electron chi connectivity index (χ4n) is 2.28. The van der Waals surface area contributed by atoms with Crippen molar-refractivity contribution in [3.8, 4) is 0 Å². The summed E-state index contributed by atoms with van der Waals surface area (Å²) in [4.78, 5) is 10.5. The number of likely N-dealkylation sites (tertiary alicyclic amines) is 1. The van der Waals surface area contributed by atoms with Gasteiger partial charge in [0, 0.05) is 43.7 Å². The van der Waals surface area contributed by atoms with Crippen LogP contribution in [0.5, 0.6) is 0 Å². The zero-order valence-corrected chi connectivity index (χ0v) is 9.71. The Morgan fingerprint density at radius 2 is 2.12 bits per heavy atom. The lowest BCUT2D eigenvalue weighted by molar-refractivity contribution is 0.0770. The van der Waals surface area contributed by atoms with Gasteiger partial charge in [-0.3, -0.25) is 4.90 Å². The van der Waals surface area contributed by atoms with E-state index >= 15 is 0 Å². The van der Waals surface area contributed by atoms with Gasteiger partial charge in [0.15, 0.2) is 0 Å². The van der Waals surface area contributed by atoms with E-state index in [0.29, 0.717) is 18.6 Å². The van der Waals surface area contributed by atoms with Gasteiger partial charge in [0.2, 0.25) is 0 Å². The van der Waals surface area contributed by atoms with Gasteiger partial charge < -0.3 is 5.11 Å². The average molecular weight is 221 g/mol. The Bertz CT molecular complexity index is 317. The topological polar surface area (TPSA) is 49.2 Å². The molecule has 2 heterocycles. The van der Waals surface area contributed by atoms with E-state index in [-0.39, 0.29) is 0 Å². The number of piperidine rings is 1. The highest BCUT2D eigenvalue weighted by molar-refractivity contribution is 5.02. The highest BCUT2D eigenvalue weighted by Gasteiger charge is 2.24. The molecule has 0 radical (unpaired) electrons. The molecule has 2 atom stereocenters. The van der Waals surface area contributed by atoms with Crippen LogP contribution in [0, 0.1) is 5.92 Å². The van der Waals surface area contributed by atoms with E-state index in [1.807, 2.05) is 12.4 Å². The summed E-state index contributed by atoms with van der Waals surface area (Å²) in [5.41, 5.74) is 1.15. The number of hydrogen-bond donors (Lipinski definition) is 1. The molecule has 0 spiro atoms. The summed E-state index contributed by atoms with van der Waals surface area (Å²) in [7, 11) is 0. The number of aromatic nitrogens is 2. The Morgan fingerprint density at radius 3 is 2.81 bits per heavy atom. The Balaban J connectivity index is 1.97. The third kappa shape index (κ3) is 2.77. The molecule has 2 rings (SSSR count). The average Bonchev–Trinajstić information content (AvgIpc) is 2.33. The van der Waals surface area contributed by atoms with Crippen LogP contribution in [0.4, 0.5) is 0 Å². The quantitative estimate of drug-likeness (QED) is 0.829. The highest BCUT2D eigenvalue weighted by atomic mass is 16.3. The van der Waals surface area contributed by atoms with Crippen LogP contribution in [0.2, 0.25) is 0 Å². The van der Waals surface area contributed by atoms with Gasteiger partial charge in [-0.2, -0.15) is 0 Å². The van der Waals surface area contributed by atoms with Crippen molar-refractivity contribution < 1.29 is 5.11 Å². The van der Waals surface area contributed by atoms with E-state index in [0.717, 1.165) is 25.1 Å². The minimum atomic E-state index is 0.300. The van der Waals surface area contributed by atoms with Crippen molar-refractivity contribution in [3.05, 3.63) is 24.3 Å². The van der Waals surface area contributed by atoms with Gasteiger partial charge >= 0.3 is 0 Å². The number of aliphatic hydroxyl groups is 1. The first-order valence-corrected chi connectivity index (χ1v) is 5.88. The maximum Gasteiger partial charge on any atom is 0.115 e. The van der Waals surface area contributed by atoms with Crippen LogP contribution >= 0.6 is 0 Å². The lowest BCUT2D eigenvalue weighted by Crippen LogP contribution is -2.42. The molecule has 0 saturated carbocycles. The maximum absolute atomic E-state index is 9.21. The van der Waals surface area contributed by atoms with E-state index in [4.69, 9.17) is 0 Å². The molecular weight excluding hydrogens is 202 g/mol. The molecule has 0 aromatic carbocycles. The molecule has 1 aliphatic rings. The van der Waals surface area contributed by atoms with E-state index in [1.165, 1.54) is 6.42 Å². The molecule has 1 aromatic rings. The van der Waals surface area contributed by atoms with Crippen molar-refractivity contribution in [2.75, 3.05) is 13.2 Å². The van der Waals surface area contributed by atoms with Gasteiger partial charge in [-0.15, -0.1) is 0 Å². The molecule has 0 amide bonds. The number of hydrogen-bond acceptors (Lipinski definition) is 4. The second-order valence-electron chi connectivity index (χ2n) is 4.65. The summed E-state index contributed by atoms with van der Waals surface area (Å²) in [6, 6.07) is 0.586. The van der Waals surface area contributed by atoms with Crippen molar-refractivity contribution in [3.63, 3.8) is 0 Å². The van der Waals surface area contributed by atoms with Gasteiger partial charge in [-0.25, -0.2) is 9.97 Å². The number of nitrogens with zero attached hydrogens (tertiary/aromatic N) is 3. The highest BCUT2D eigenvalue weighted by Crippen LogP contribution is 2.22. The molecule has 4 nitrogen and oxygen atoms in total. The van der Waals surface area contributed by atoms with Crippen molar-refractivity contribution in [1.29, 1.82) is 0 Å². The predicted octanol–water partition coefficient (Wildman–Crippen LogP) is 1.07. The summed E-state index contributed by atoms with van der Waals surface area (Å²) in [6.45, 7) is 4.41. The van der Waals surface area contributed by atoms with Crippen LogP contribution in [0.15, 0.2) is 18.7 Å². The van der Waals surface area contributed by atoms with Crippen molar-refractivity contribution in [2.45, 2.75) is 32.4 Å². The summed E-state index contributed by atoms with van der Waals surface area (Å²) < 4.78 is 0. The SMILES string of the molecule is CC1CCC(CO)CN1Cc1cncnc1. The lowest BCUT2D eigenvalue weighted by atomic mass is 9.94. The van der Waals surface area contributed by atoms with Gasteiger partial charge in [0.25, 0.3) is 0 Å². The van der Waals surface area contributed by atoms with Gasteiger partial charge in [-0.05, 0) is 25.7 Å². The number of rotatable bonds is 3. The zero-order chi connectivity index (χ0) is 11.4. The fraction of sp³-hybridized carbons (Fsp3) is 0.667. The summed E-state index contributed by atoms with van der Waals surface area (Å²) >= 11 is 0. The molecule has 1 fully saturated rings.